The van der Waals surface area contributed by atoms with Gasteiger partial charge in [0.15, 0.2) is 23.0 Å². The molecule has 15 heteroatoms. The van der Waals surface area contributed by atoms with Gasteiger partial charge >= 0.3 is 6.18 Å². The molecule has 46 heavy (non-hydrogen) atoms. The van der Waals surface area contributed by atoms with Crippen LogP contribution in [-0.2, 0) is 22.9 Å². The lowest BCUT2D eigenvalue weighted by atomic mass is 9.99. The number of nitrogens with zero attached hydrogens (tertiary/aromatic N) is 4. The molecule has 3 aromatic carbocycles. The summed E-state index contributed by atoms with van der Waals surface area (Å²) >= 11 is 0. The Labute approximate surface area is 264 Å². The number of nitro benzene ring substituents is 1. The molecule has 3 aromatic rings. The summed E-state index contributed by atoms with van der Waals surface area (Å²) in [5, 5.41) is 30.9. The van der Waals surface area contributed by atoms with E-state index in [1.165, 1.54) is 36.4 Å². The summed E-state index contributed by atoms with van der Waals surface area (Å²) in [6.07, 6.45) is -3.23. The van der Waals surface area contributed by atoms with Crippen molar-refractivity contribution in [3.05, 3.63) is 87.5 Å². The Balaban J connectivity index is 1.62. The van der Waals surface area contributed by atoms with Gasteiger partial charge in [-0.1, -0.05) is 30.3 Å². The van der Waals surface area contributed by atoms with Crippen LogP contribution in [0.3, 0.4) is 0 Å². The van der Waals surface area contributed by atoms with Gasteiger partial charge in [-0.25, -0.2) is 8.42 Å². The third-order valence-electron chi connectivity index (χ3n) is 7.40. The number of fused-ring (bicyclic) bond motifs is 1. The van der Waals surface area contributed by atoms with E-state index in [0.717, 1.165) is 27.7 Å². The number of rotatable bonds is 15. The smallest absolute Gasteiger partial charge is 0.422 e. The molecule has 0 radical (unpaired) electrons. The summed E-state index contributed by atoms with van der Waals surface area (Å²) in [5.41, 5.74) is 2.20. The molecule has 1 aliphatic rings. The van der Waals surface area contributed by atoms with Crippen LogP contribution in [0.1, 0.15) is 30.0 Å². The monoisotopic (exact) mass is 662 g/mol. The minimum atomic E-state index is -4.58. The second-order valence-corrected chi connectivity index (χ2v) is 12.5. The average Bonchev–Trinajstić information content (AvgIpc) is 3.43. The lowest BCUT2D eigenvalue weighted by molar-refractivity contribution is -0.387. The molecule has 1 atom stereocenters. The maximum absolute atomic E-state index is 14.0. The first-order chi connectivity index (χ1) is 21.9. The highest BCUT2D eigenvalue weighted by molar-refractivity contribution is 7.89. The Kier molecular flexibility index (Phi) is 11.1. The van der Waals surface area contributed by atoms with Crippen molar-refractivity contribution in [2.45, 2.75) is 43.3 Å². The number of benzene rings is 3. The van der Waals surface area contributed by atoms with Crippen LogP contribution in [0, 0.1) is 21.4 Å². The molecule has 0 saturated heterocycles. The number of alkyl halides is 3. The van der Waals surface area contributed by atoms with E-state index in [0.29, 0.717) is 37.1 Å². The average molecular weight is 663 g/mol. The van der Waals surface area contributed by atoms with Gasteiger partial charge in [0.05, 0.1) is 16.2 Å². The van der Waals surface area contributed by atoms with Crippen molar-refractivity contribution in [2.24, 2.45) is 0 Å². The first kappa shape index (κ1) is 34.5. The number of hydrogen-bond donors (Lipinski definition) is 1. The van der Waals surface area contributed by atoms with Crippen LogP contribution in [0.4, 0.5) is 24.5 Å². The number of hydrogen-bond acceptors (Lipinski definition) is 9. The van der Waals surface area contributed by atoms with Gasteiger partial charge in [0.25, 0.3) is 5.69 Å². The van der Waals surface area contributed by atoms with E-state index in [-0.39, 0.29) is 37.7 Å². The normalized spacial score (nSPS) is 13.7. The first-order valence-electron chi connectivity index (χ1n) is 14.4. The predicted molar refractivity (Wildman–Crippen MR) is 162 cm³/mol. The molecule has 0 spiro atoms. The lowest BCUT2D eigenvalue weighted by Gasteiger charge is -2.29. The largest absolute Gasteiger partial charge is 0.488 e. The van der Waals surface area contributed by atoms with Gasteiger partial charge in [-0.15, -0.1) is 0 Å². The van der Waals surface area contributed by atoms with E-state index in [1.54, 1.807) is 13.0 Å². The third-order valence-corrected chi connectivity index (χ3v) is 9.46. The maximum Gasteiger partial charge on any atom is 0.422 e. The van der Waals surface area contributed by atoms with Gasteiger partial charge in [-0.2, -0.15) is 22.7 Å². The van der Waals surface area contributed by atoms with Crippen LogP contribution in [0.2, 0.25) is 0 Å². The molecule has 0 aromatic heterocycles. The molecule has 0 amide bonds. The van der Waals surface area contributed by atoms with Gasteiger partial charge in [-0.05, 0) is 61.6 Å². The SMILES string of the molecule is C[C@H](Cc1cc(C#N)c2c(c1)CCN2CCCO)N(CCOc1ccccc1OCC(F)(F)F)S(=O)(=O)c1ccccc1[N+](=O)[O-]. The summed E-state index contributed by atoms with van der Waals surface area (Å²) < 4.78 is 77.9. The fraction of sp³-hybridized carbons (Fsp3) is 0.387. The highest BCUT2D eigenvalue weighted by Gasteiger charge is 2.35. The van der Waals surface area contributed by atoms with Crippen LogP contribution in [0.5, 0.6) is 11.5 Å². The quantitative estimate of drug-likeness (QED) is 0.178. The molecule has 1 aliphatic heterocycles. The van der Waals surface area contributed by atoms with Crippen molar-refractivity contribution in [3.63, 3.8) is 0 Å². The van der Waals surface area contributed by atoms with Crippen molar-refractivity contribution in [2.75, 3.05) is 44.4 Å². The van der Waals surface area contributed by atoms with Crippen molar-refractivity contribution >= 4 is 21.4 Å². The fourth-order valence-electron chi connectivity index (χ4n) is 5.45. The van der Waals surface area contributed by atoms with Gasteiger partial charge < -0.3 is 19.5 Å². The van der Waals surface area contributed by atoms with Gasteiger partial charge in [-0.3, -0.25) is 10.1 Å². The van der Waals surface area contributed by atoms with Crippen molar-refractivity contribution < 1.29 is 41.1 Å². The molecule has 0 unspecified atom stereocenters. The summed E-state index contributed by atoms with van der Waals surface area (Å²) in [5.74, 6) is -0.221. The Morgan fingerprint density at radius 2 is 1.80 bits per heavy atom. The summed E-state index contributed by atoms with van der Waals surface area (Å²) in [7, 11) is -4.50. The summed E-state index contributed by atoms with van der Waals surface area (Å²) in [6.45, 7) is 0.723. The zero-order valence-electron chi connectivity index (χ0n) is 24.9. The molecule has 0 fully saturated rings. The Bertz CT molecular complexity index is 1700. The Hall–Kier alpha value is -4.39. The van der Waals surface area contributed by atoms with Gasteiger partial charge in [0.1, 0.15) is 12.7 Å². The number of nitriles is 1. The zero-order valence-corrected chi connectivity index (χ0v) is 25.8. The number of aliphatic hydroxyl groups excluding tert-OH is 1. The maximum atomic E-state index is 14.0. The second-order valence-electron chi connectivity index (χ2n) is 10.7. The molecular weight excluding hydrogens is 629 g/mol. The van der Waals surface area contributed by atoms with Crippen molar-refractivity contribution in [3.8, 4) is 17.6 Å². The Morgan fingerprint density at radius 3 is 2.46 bits per heavy atom. The van der Waals surface area contributed by atoms with E-state index < -0.39 is 44.4 Å². The molecule has 4 rings (SSSR count). The van der Waals surface area contributed by atoms with E-state index in [9.17, 15) is 42.1 Å². The number of ether oxygens (including phenoxy) is 2. The lowest BCUT2D eigenvalue weighted by Crippen LogP contribution is -2.42. The molecular formula is C31H33F3N4O7S. The number of anilines is 1. The second kappa shape index (κ2) is 14.8. The predicted octanol–water partition coefficient (Wildman–Crippen LogP) is 4.85. The third kappa shape index (κ3) is 8.25. The standard InChI is InChI=1S/C31H33F3N4O7S/c1-22(17-23-18-24-11-13-36(12-6-15-39)30(24)25(19-23)20-35)37(46(42,43)29-10-5-2-7-26(29)38(40)41)14-16-44-27-8-3-4-9-28(27)45-21-31(32,33)34/h2-5,7-10,18-19,22,39H,6,11-17,21H2,1H3/t22-/m1/s1. The van der Waals surface area contributed by atoms with Gasteiger partial charge in [0, 0.05) is 38.3 Å². The minimum Gasteiger partial charge on any atom is -0.488 e. The number of nitro groups is 1. The number of sulfonamides is 1. The highest BCUT2D eigenvalue weighted by Crippen LogP contribution is 2.35. The molecule has 0 aliphatic carbocycles. The molecule has 0 saturated carbocycles. The molecule has 11 nitrogen and oxygen atoms in total. The topological polar surface area (TPSA) is 146 Å². The molecule has 1 N–H and O–H groups in total. The summed E-state index contributed by atoms with van der Waals surface area (Å²) in [6, 6.07) is 15.6. The van der Waals surface area contributed by atoms with Crippen LogP contribution < -0.4 is 14.4 Å². The fourth-order valence-corrected chi connectivity index (χ4v) is 7.22. The van der Waals surface area contributed by atoms with Crippen molar-refractivity contribution in [1.82, 2.24) is 4.31 Å². The van der Waals surface area contributed by atoms with E-state index in [2.05, 4.69) is 6.07 Å². The van der Waals surface area contributed by atoms with Crippen LogP contribution in [0.15, 0.2) is 65.6 Å². The van der Waals surface area contributed by atoms with Crippen LogP contribution >= 0.6 is 0 Å². The highest BCUT2D eigenvalue weighted by atomic mass is 32.2. The first-order valence-corrected chi connectivity index (χ1v) is 15.9. The van der Waals surface area contributed by atoms with Gasteiger partial charge in [0.2, 0.25) is 10.0 Å². The van der Waals surface area contributed by atoms with Crippen LogP contribution in [-0.4, -0.2) is 74.4 Å². The zero-order chi connectivity index (χ0) is 33.5. The molecule has 246 valence electrons. The van der Waals surface area contributed by atoms with E-state index >= 15 is 0 Å². The number of aliphatic hydroxyl groups is 1. The summed E-state index contributed by atoms with van der Waals surface area (Å²) in [4.78, 5) is 12.5. The number of para-hydroxylation sites is 3. The number of halogens is 3. The molecule has 1 heterocycles. The molecule has 0 bridgehead atoms. The Morgan fingerprint density at radius 1 is 1.13 bits per heavy atom. The van der Waals surface area contributed by atoms with E-state index in [1.807, 2.05) is 11.0 Å². The minimum absolute atomic E-state index is 0.0169. The van der Waals surface area contributed by atoms with Crippen molar-refractivity contribution in [1.29, 1.82) is 5.26 Å². The van der Waals surface area contributed by atoms with E-state index in [4.69, 9.17) is 9.47 Å². The van der Waals surface area contributed by atoms with Crippen LogP contribution in [0.25, 0.3) is 0 Å².